The van der Waals surface area contributed by atoms with Crippen molar-refractivity contribution in [2.75, 3.05) is 26.7 Å². The maximum absolute atomic E-state index is 10.6. The van der Waals surface area contributed by atoms with Crippen LogP contribution >= 0.6 is 11.6 Å². The summed E-state index contributed by atoms with van der Waals surface area (Å²) in [5, 5.41) is 21.8. The van der Waals surface area contributed by atoms with Gasteiger partial charge in [0.2, 0.25) is 0 Å². The fourth-order valence-corrected chi connectivity index (χ4v) is 4.44. The number of halogens is 1. The standard InChI is InChI=1S/C22H26ClNO4/c1-27-17-4-2-3-15(11-17)20(26)14-24-9-7-22(8-10-24)13-19(25)18-12-16(23)5-6-21(18)28-22/h2-6,11-12,19-20,25-26H,7-10,13-14H2,1H3/t19-,20-/m0/s1. The quantitative estimate of drug-likeness (QED) is 0.814. The highest BCUT2D eigenvalue weighted by molar-refractivity contribution is 6.30. The normalized spacial score (nSPS) is 22.4. The summed E-state index contributed by atoms with van der Waals surface area (Å²) in [6.45, 7) is 2.20. The molecule has 1 fully saturated rings. The lowest BCUT2D eigenvalue weighted by atomic mass is 9.81. The van der Waals surface area contributed by atoms with E-state index in [4.69, 9.17) is 21.1 Å². The molecule has 0 bridgehead atoms. The Morgan fingerprint density at radius 3 is 2.79 bits per heavy atom. The van der Waals surface area contributed by atoms with Crippen molar-refractivity contribution in [2.24, 2.45) is 0 Å². The molecule has 0 aliphatic carbocycles. The molecule has 0 unspecified atom stereocenters. The molecule has 0 aromatic heterocycles. The van der Waals surface area contributed by atoms with Crippen LogP contribution in [0.4, 0.5) is 0 Å². The number of aliphatic hydroxyl groups is 2. The van der Waals surface area contributed by atoms with Crippen LogP contribution in [0.3, 0.4) is 0 Å². The van der Waals surface area contributed by atoms with Crippen molar-refractivity contribution in [3.05, 3.63) is 58.6 Å². The monoisotopic (exact) mass is 403 g/mol. The number of ether oxygens (including phenoxy) is 2. The fraction of sp³-hybridized carbons (Fsp3) is 0.455. The lowest BCUT2D eigenvalue weighted by molar-refractivity contribution is -0.0587. The minimum atomic E-state index is -0.565. The van der Waals surface area contributed by atoms with Crippen LogP contribution in [0, 0.1) is 0 Å². The number of benzene rings is 2. The zero-order valence-electron chi connectivity index (χ0n) is 16.0. The van der Waals surface area contributed by atoms with E-state index in [0.717, 1.165) is 48.6 Å². The maximum atomic E-state index is 10.6. The second-order valence-electron chi connectivity index (χ2n) is 7.78. The van der Waals surface area contributed by atoms with Crippen molar-refractivity contribution < 1.29 is 19.7 Å². The van der Waals surface area contributed by atoms with E-state index in [2.05, 4.69) is 4.90 Å². The Bertz CT molecular complexity index is 835. The van der Waals surface area contributed by atoms with Crippen molar-refractivity contribution in [3.8, 4) is 11.5 Å². The smallest absolute Gasteiger partial charge is 0.126 e. The third-order valence-corrected chi connectivity index (χ3v) is 6.13. The molecule has 6 heteroatoms. The van der Waals surface area contributed by atoms with Gasteiger partial charge in [0.1, 0.15) is 17.1 Å². The van der Waals surface area contributed by atoms with Crippen LogP contribution in [0.15, 0.2) is 42.5 Å². The van der Waals surface area contributed by atoms with Crippen LogP contribution in [0.25, 0.3) is 0 Å². The molecule has 2 heterocycles. The van der Waals surface area contributed by atoms with Crippen LogP contribution in [-0.4, -0.2) is 47.5 Å². The lowest BCUT2D eigenvalue weighted by Gasteiger charge is -2.46. The zero-order chi connectivity index (χ0) is 19.7. The van der Waals surface area contributed by atoms with Crippen molar-refractivity contribution >= 4 is 11.6 Å². The number of methoxy groups -OCH3 is 1. The van der Waals surface area contributed by atoms with Gasteiger partial charge >= 0.3 is 0 Å². The van der Waals surface area contributed by atoms with E-state index in [1.54, 1.807) is 19.2 Å². The molecule has 2 aliphatic rings. The van der Waals surface area contributed by atoms with E-state index >= 15 is 0 Å². The Morgan fingerprint density at radius 1 is 1.25 bits per heavy atom. The molecule has 4 rings (SSSR count). The van der Waals surface area contributed by atoms with Gasteiger partial charge in [-0.3, -0.25) is 0 Å². The van der Waals surface area contributed by atoms with Gasteiger partial charge in [-0.1, -0.05) is 23.7 Å². The van der Waals surface area contributed by atoms with Gasteiger partial charge in [0.15, 0.2) is 0 Å². The van der Waals surface area contributed by atoms with Crippen molar-refractivity contribution in [2.45, 2.75) is 37.1 Å². The Morgan fingerprint density at radius 2 is 2.04 bits per heavy atom. The Labute approximate surface area is 170 Å². The average molecular weight is 404 g/mol. The molecule has 2 atom stereocenters. The molecular formula is C22H26ClNO4. The number of nitrogens with zero attached hydrogens (tertiary/aromatic N) is 1. The Balaban J connectivity index is 1.38. The van der Waals surface area contributed by atoms with Gasteiger partial charge in [-0.25, -0.2) is 0 Å². The molecule has 1 spiro atoms. The second-order valence-corrected chi connectivity index (χ2v) is 8.22. The summed E-state index contributed by atoms with van der Waals surface area (Å²) in [6.07, 6.45) is 1.09. The first kappa shape index (κ1) is 19.5. The van der Waals surface area contributed by atoms with Crippen molar-refractivity contribution in [3.63, 3.8) is 0 Å². The molecule has 28 heavy (non-hydrogen) atoms. The number of piperidine rings is 1. The average Bonchev–Trinajstić information content (AvgIpc) is 2.70. The van der Waals surface area contributed by atoms with Crippen molar-refractivity contribution in [1.82, 2.24) is 4.90 Å². The Hall–Kier alpha value is -1.79. The zero-order valence-corrected chi connectivity index (χ0v) is 16.7. The minimum Gasteiger partial charge on any atom is -0.497 e. The molecule has 2 aliphatic heterocycles. The summed E-state index contributed by atoms with van der Waals surface area (Å²) in [5.74, 6) is 1.48. The summed E-state index contributed by atoms with van der Waals surface area (Å²) in [7, 11) is 1.63. The number of β-amino-alcohol motifs (C(OH)–C–C–N with tert-alkyl or cyclic N) is 1. The van der Waals surface area contributed by atoms with E-state index in [9.17, 15) is 10.2 Å². The Kier molecular flexibility index (Phi) is 5.52. The summed E-state index contributed by atoms with van der Waals surface area (Å²) in [6, 6.07) is 13.0. The molecule has 2 N–H and O–H groups in total. The van der Waals surface area contributed by atoms with Crippen molar-refractivity contribution in [1.29, 1.82) is 0 Å². The molecule has 5 nitrogen and oxygen atoms in total. The largest absolute Gasteiger partial charge is 0.497 e. The molecule has 1 saturated heterocycles. The number of likely N-dealkylation sites (tertiary alicyclic amines) is 1. The molecule has 2 aromatic carbocycles. The summed E-state index contributed by atoms with van der Waals surface area (Å²) < 4.78 is 11.6. The van der Waals surface area contributed by atoms with Crippen LogP contribution < -0.4 is 9.47 Å². The predicted molar refractivity (Wildman–Crippen MR) is 108 cm³/mol. The number of hydrogen-bond acceptors (Lipinski definition) is 5. The summed E-state index contributed by atoms with van der Waals surface area (Å²) in [5.41, 5.74) is 1.28. The molecular weight excluding hydrogens is 378 g/mol. The third-order valence-electron chi connectivity index (χ3n) is 5.90. The van der Waals surface area contributed by atoms with Crippen LogP contribution in [0.1, 0.15) is 42.6 Å². The summed E-state index contributed by atoms with van der Waals surface area (Å²) in [4.78, 5) is 2.25. The fourth-order valence-electron chi connectivity index (χ4n) is 4.26. The number of fused-ring (bicyclic) bond motifs is 1. The van der Waals surface area contributed by atoms with Gasteiger partial charge in [-0.05, 0) is 48.7 Å². The van der Waals surface area contributed by atoms with Gasteiger partial charge in [0.25, 0.3) is 0 Å². The third kappa shape index (κ3) is 3.98. The van der Waals surface area contributed by atoms with E-state index in [1.807, 2.05) is 30.3 Å². The van der Waals surface area contributed by atoms with Gasteiger partial charge in [-0.15, -0.1) is 0 Å². The first-order valence-electron chi connectivity index (χ1n) is 9.69. The van der Waals surface area contributed by atoms with Gasteiger partial charge in [-0.2, -0.15) is 0 Å². The molecule has 2 aromatic rings. The van der Waals surface area contributed by atoms with E-state index in [-0.39, 0.29) is 5.60 Å². The predicted octanol–water partition coefficient (Wildman–Crippen LogP) is 3.73. The highest BCUT2D eigenvalue weighted by Crippen LogP contribution is 2.45. The first-order chi connectivity index (χ1) is 13.5. The molecule has 150 valence electrons. The van der Waals surface area contributed by atoms with E-state index in [0.29, 0.717) is 18.0 Å². The number of rotatable bonds is 4. The van der Waals surface area contributed by atoms with E-state index in [1.165, 1.54) is 0 Å². The summed E-state index contributed by atoms with van der Waals surface area (Å²) >= 11 is 6.05. The van der Waals surface area contributed by atoms with Crippen LogP contribution in [0.5, 0.6) is 11.5 Å². The lowest BCUT2D eigenvalue weighted by Crippen LogP contribution is -2.51. The van der Waals surface area contributed by atoms with Gasteiger partial charge < -0.3 is 24.6 Å². The number of hydrogen-bond donors (Lipinski definition) is 2. The maximum Gasteiger partial charge on any atom is 0.126 e. The van der Waals surface area contributed by atoms with Gasteiger partial charge in [0.05, 0.1) is 19.3 Å². The molecule has 0 saturated carbocycles. The molecule has 0 radical (unpaired) electrons. The van der Waals surface area contributed by atoms with Crippen LogP contribution in [-0.2, 0) is 0 Å². The van der Waals surface area contributed by atoms with E-state index < -0.39 is 12.2 Å². The second kappa shape index (κ2) is 7.91. The SMILES string of the molecule is COc1cccc([C@@H](O)CN2CCC3(CC2)C[C@H](O)c2cc(Cl)ccc2O3)c1. The molecule has 0 amide bonds. The van der Waals surface area contributed by atoms with Gasteiger partial charge in [0, 0.05) is 36.6 Å². The highest BCUT2D eigenvalue weighted by Gasteiger charge is 2.43. The minimum absolute atomic E-state index is 0.350. The first-order valence-corrected chi connectivity index (χ1v) is 10.1. The number of aliphatic hydroxyl groups excluding tert-OH is 2. The topological polar surface area (TPSA) is 62.2 Å². The van der Waals surface area contributed by atoms with Crippen LogP contribution in [0.2, 0.25) is 5.02 Å². The highest BCUT2D eigenvalue weighted by atomic mass is 35.5.